The molecule has 4 aromatic carbocycles. The smallest absolute Gasteiger partial charge is 0.138 e. The predicted octanol–water partition coefficient (Wildman–Crippen LogP) is 8.10. The Hall–Kier alpha value is -3.69. The molecule has 3 heteroatoms. The zero-order valence-corrected chi connectivity index (χ0v) is 22.9. The first kappa shape index (κ1) is 25.9. The molecule has 1 atom stereocenters. The topological polar surface area (TPSA) is 21.1 Å². The first-order chi connectivity index (χ1) is 18.7. The molecule has 1 unspecified atom stereocenters. The minimum atomic E-state index is -0.597. The second kappa shape index (κ2) is 11.8. The van der Waals surface area contributed by atoms with E-state index in [1.54, 1.807) is 0 Å². The third-order valence-electron chi connectivity index (χ3n) is 7.64. The number of fused-ring (bicyclic) bond motifs is 1. The molecule has 0 amide bonds. The molecular weight excluding hydrogens is 462 g/mol. The molecule has 0 spiro atoms. The highest BCUT2D eigenvalue weighted by Crippen LogP contribution is 2.41. The zero-order chi connectivity index (χ0) is 26.4. The van der Waals surface area contributed by atoms with Crippen LogP contribution in [0.1, 0.15) is 61.8 Å². The van der Waals surface area contributed by atoms with Gasteiger partial charge in [0.15, 0.2) is 0 Å². The molecule has 0 aliphatic rings. The Morgan fingerprint density at radius 1 is 0.684 bits per heavy atom. The quantitative estimate of drug-likeness (QED) is 0.170. The van der Waals surface area contributed by atoms with Gasteiger partial charge in [-0.15, -0.1) is 0 Å². The largest absolute Gasteiger partial charge is 0.303 e. The van der Waals surface area contributed by atoms with Crippen LogP contribution in [0.4, 0.5) is 0 Å². The molecule has 1 heterocycles. The van der Waals surface area contributed by atoms with Gasteiger partial charge in [0.25, 0.3) is 0 Å². The van der Waals surface area contributed by atoms with E-state index in [2.05, 4.69) is 146 Å². The van der Waals surface area contributed by atoms with Crippen molar-refractivity contribution >= 4 is 10.9 Å². The molecule has 3 nitrogen and oxygen atoms in total. The molecule has 38 heavy (non-hydrogen) atoms. The lowest BCUT2D eigenvalue weighted by atomic mass is 9.77. The second-order valence-electron chi connectivity index (χ2n) is 10.4. The molecule has 0 aliphatic carbocycles. The summed E-state index contributed by atoms with van der Waals surface area (Å²) >= 11 is 0. The fourth-order valence-electron chi connectivity index (χ4n) is 6.01. The van der Waals surface area contributed by atoms with Crippen molar-refractivity contribution < 1.29 is 0 Å². The molecule has 0 N–H and O–H groups in total. The van der Waals surface area contributed by atoms with Crippen molar-refractivity contribution in [2.45, 2.75) is 45.1 Å². The SMILES string of the molecule is CCCN(CCC)CC(C)c1cccc2nn(C(c3ccccc3)(c3ccccc3)c3ccccc3)cc12. The summed E-state index contributed by atoms with van der Waals surface area (Å²) < 4.78 is 2.21. The third kappa shape index (κ3) is 4.91. The van der Waals surface area contributed by atoms with Gasteiger partial charge in [-0.25, -0.2) is 0 Å². The van der Waals surface area contributed by atoms with E-state index in [1.165, 1.54) is 40.5 Å². The van der Waals surface area contributed by atoms with E-state index in [1.807, 2.05) is 0 Å². The average Bonchev–Trinajstić information content (AvgIpc) is 3.40. The molecule has 0 fully saturated rings. The lowest BCUT2D eigenvalue weighted by Gasteiger charge is -2.36. The molecule has 1 aromatic heterocycles. The van der Waals surface area contributed by atoms with Gasteiger partial charge in [0, 0.05) is 18.1 Å². The van der Waals surface area contributed by atoms with Gasteiger partial charge in [0.05, 0.1) is 5.52 Å². The van der Waals surface area contributed by atoms with Gasteiger partial charge in [-0.1, -0.05) is 124 Å². The fraction of sp³-hybridized carbons (Fsp3) is 0.286. The van der Waals surface area contributed by atoms with Crippen LogP contribution in [-0.2, 0) is 5.54 Å². The maximum Gasteiger partial charge on any atom is 0.138 e. The summed E-state index contributed by atoms with van der Waals surface area (Å²) in [7, 11) is 0. The normalized spacial score (nSPS) is 12.7. The van der Waals surface area contributed by atoms with Gasteiger partial charge in [-0.05, 0) is 60.2 Å². The molecule has 194 valence electrons. The van der Waals surface area contributed by atoms with Crippen LogP contribution >= 0.6 is 0 Å². The summed E-state index contributed by atoms with van der Waals surface area (Å²) in [4.78, 5) is 2.61. The van der Waals surface area contributed by atoms with E-state index in [0.717, 1.165) is 25.2 Å². The molecule has 0 saturated carbocycles. The Labute approximate surface area is 227 Å². The van der Waals surface area contributed by atoms with E-state index in [9.17, 15) is 0 Å². The van der Waals surface area contributed by atoms with Crippen molar-refractivity contribution in [2.24, 2.45) is 0 Å². The third-order valence-corrected chi connectivity index (χ3v) is 7.64. The first-order valence-corrected chi connectivity index (χ1v) is 14.1. The minimum absolute atomic E-state index is 0.411. The zero-order valence-electron chi connectivity index (χ0n) is 22.9. The first-order valence-electron chi connectivity index (χ1n) is 14.1. The number of rotatable bonds is 11. The van der Waals surface area contributed by atoms with Gasteiger partial charge in [-0.3, -0.25) is 4.68 Å². The van der Waals surface area contributed by atoms with Crippen LogP contribution < -0.4 is 0 Å². The van der Waals surface area contributed by atoms with E-state index < -0.39 is 5.54 Å². The summed E-state index contributed by atoms with van der Waals surface area (Å²) in [6.07, 6.45) is 4.66. The Balaban J connectivity index is 1.72. The highest BCUT2D eigenvalue weighted by atomic mass is 15.3. The van der Waals surface area contributed by atoms with Crippen molar-refractivity contribution in [1.82, 2.24) is 14.7 Å². The lowest BCUT2D eigenvalue weighted by molar-refractivity contribution is 0.262. The summed E-state index contributed by atoms with van der Waals surface area (Å²) in [5.74, 6) is 0.411. The minimum Gasteiger partial charge on any atom is -0.303 e. The molecule has 0 bridgehead atoms. The molecule has 5 rings (SSSR count). The van der Waals surface area contributed by atoms with E-state index in [4.69, 9.17) is 5.10 Å². The number of nitrogens with zero attached hydrogens (tertiary/aromatic N) is 3. The van der Waals surface area contributed by atoms with Gasteiger partial charge < -0.3 is 4.90 Å². The monoisotopic (exact) mass is 501 g/mol. The number of benzene rings is 4. The summed E-state index contributed by atoms with van der Waals surface area (Å²) in [6, 6.07) is 39.0. The van der Waals surface area contributed by atoms with Gasteiger partial charge in [0.2, 0.25) is 0 Å². The standard InChI is InChI=1S/C35H39N3/c1-4-24-37(25-5-2)26-28(3)32-22-15-23-34-33(32)27-38(36-34)35(29-16-9-6-10-17-29,30-18-11-7-12-19-30)31-20-13-8-14-21-31/h6-23,27-28H,4-5,24-26H2,1-3H3. The van der Waals surface area contributed by atoms with E-state index >= 15 is 0 Å². The van der Waals surface area contributed by atoms with Crippen molar-refractivity contribution in [3.8, 4) is 0 Å². The molecular formula is C35H39N3. The van der Waals surface area contributed by atoms with Crippen LogP contribution in [0.25, 0.3) is 10.9 Å². The Morgan fingerprint density at radius 3 is 1.66 bits per heavy atom. The highest BCUT2D eigenvalue weighted by molar-refractivity contribution is 5.82. The number of hydrogen-bond donors (Lipinski definition) is 0. The average molecular weight is 502 g/mol. The summed E-state index contributed by atoms with van der Waals surface area (Å²) in [6.45, 7) is 10.3. The fourth-order valence-corrected chi connectivity index (χ4v) is 6.01. The maximum atomic E-state index is 5.31. The van der Waals surface area contributed by atoms with E-state index in [-0.39, 0.29) is 0 Å². The van der Waals surface area contributed by atoms with Crippen LogP contribution in [-0.4, -0.2) is 34.3 Å². The van der Waals surface area contributed by atoms with Crippen molar-refractivity contribution in [3.63, 3.8) is 0 Å². The van der Waals surface area contributed by atoms with Crippen LogP contribution in [0.5, 0.6) is 0 Å². The van der Waals surface area contributed by atoms with Crippen molar-refractivity contribution in [2.75, 3.05) is 19.6 Å². The van der Waals surface area contributed by atoms with Gasteiger partial charge in [-0.2, -0.15) is 5.10 Å². The van der Waals surface area contributed by atoms with Crippen molar-refractivity contribution in [3.05, 3.63) is 138 Å². The van der Waals surface area contributed by atoms with Crippen molar-refractivity contribution in [1.29, 1.82) is 0 Å². The van der Waals surface area contributed by atoms with Crippen LogP contribution in [0.3, 0.4) is 0 Å². The molecule has 0 radical (unpaired) electrons. The Bertz CT molecular complexity index is 1320. The summed E-state index contributed by atoms with van der Waals surface area (Å²) in [5.41, 5.74) is 5.39. The second-order valence-corrected chi connectivity index (χ2v) is 10.4. The van der Waals surface area contributed by atoms with Crippen LogP contribution in [0, 0.1) is 0 Å². The lowest BCUT2D eigenvalue weighted by Crippen LogP contribution is -2.38. The molecule has 0 aliphatic heterocycles. The van der Waals surface area contributed by atoms with Crippen LogP contribution in [0.2, 0.25) is 0 Å². The molecule has 5 aromatic rings. The Kier molecular flexibility index (Phi) is 8.05. The number of hydrogen-bond acceptors (Lipinski definition) is 2. The highest BCUT2D eigenvalue weighted by Gasteiger charge is 2.39. The predicted molar refractivity (Wildman–Crippen MR) is 160 cm³/mol. The molecule has 0 saturated heterocycles. The number of aromatic nitrogens is 2. The van der Waals surface area contributed by atoms with Gasteiger partial charge >= 0.3 is 0 Å². The maximum absolute atomic E-state index is 5.31. The van der Waals surface area contributed by atoms with Gasteiger partial charge in [0.1, 0.15) is 5.54 Å². The Morgan fingerprint density at radius 2 is 1.18 bits per heavy atom. The van der Waals surface area contributed by atoms with Crippen LogP contribution in [0.15, 0.2) is 115 Å². The van der Waals surface area contributed by atoms with E-state index in [0.29, 0.717) is 5.92 Å². The summed E-state index contributed by atoms with van der Waals surface area (Å²) in [5, 5.41) is 6.55.